The van der Waals surface area contributed by atoms with Crippen molar-refractivity contribution in [2.75, 3.05) is 11.9 Å². The van der Waals surface area contributed by atoms with Crippen molar-refractivity contribution in [2.24, 2.45) is 0 Å². The Kier molecular flexibility index (Phi) is 5.32. The van der Waals surface area contributed by atoms with Gasteiger partial charge in [0.25, 0.3) is 5.91 Å². The van der Waals surface area contributed by atoms with Gasteiger partial charge in [-0.2, -0.15) is 4.68 Å². The molecule has 2 heterocycles. The molecule has 0 aliphatic heterocycles. The van der Waals surface area contributed by atoms with E-state index in [2.05, 4.69) is 36.8 Å². The summed E-state index contributed by atoms with van der Waals surface area (Å²) in [7, 11) is 0. The number of tetrazole rings is 1. The molecule has 0 saturated carbocycles. The van der Waals surface area contributed by atoms with Gasteiger partial charge in [-0.05, 0) is 43.9 Å². The van der Waals surface area contributed by atoms with Crippen molar-refractivity contribution in [3.63, 3.8) is 0 Å². The van der Waals surface area contributed by atoms with Crippen molar-refractivity contribution in [2.45, 2.75) is 0 Å². The number of carbonyl (C=O) groups is 2. The predicted octanol–water partition coefficient (Wildman–Crippen LogP) is 2.56. The molecule has 2 aromatic heterocycles. The van der Waals surface area contributed by atoms with Gasteiger partial charge >= 0.3 is 5.97 Å². The summed E-state index contributed by atoms with van der Waals surface area (Å²) in [6.07, 6.45) is 1.31. The van der Waals surface area contributed by atoms with Crippen molar-refractivity contribution in [3.05, 3.63) is 50.9 Å². The lowest BCUT2D eigenvalue weighted by Crippen LogP contribution is -2.22. The van der Waals surface area contributed by atoms with Gasteiger partial charge in [0, 0.05) is 10.5 Å². The van der Waals surface area contributed by atoms with Gasteiger partial charge in [0.2, 0.25) is 0 Å². The molecular formula is C14H8BrF2N5O3S. The first-order valence-corrected chi connectivity index (χ1v) is 8.55. The number of anilines is 1. The maximum atomic E-state index is 13.7. The highest BCUT2D eigenvalue weighted by molar-refractivity contribution is 9.10. The Morgan fingerprint density at radius 3 is 2.85 bits per heavy atom. The van der Waals surface area contributed by atoms with Crippen molar-refractivity contribution < 1.29 is 23.1 Å². The van der Waals surface area contributed by atoms with E-state index in [0.717, 1.165) is 17.4 Å². The number of amides is 1. The Hall–Kier alpha value is -2.73. The molecule has 0 fully saturated rings. The van der Waals surface area contributed by atoms with Crippen LogP contribution in [0.15, 0.2) is 34.4 Å². The Morgan fingerprint density at radius 2 is 2.15 bits per heavy atom. The third kappa shape index (κ3) is 3.91. The number of rotatable bonds is 5. The van der Waals surface area contributed by atoms with E-state index in [-0.39, 0.29) is 15.0 Å². The summed E-state index contributed by atoms with van der Waals surface area (Å²) in [5.74, 6) is -3.31. The molecule has 0 spiro atoms. The second kappa shape index (κ2) is 7.66. The molecule has 1 N–H and O–H groups in total. The highest BCUT2D eigenvalue weighted by atomic mass is 79.9. The molecule has 0 atom stereocenters. The number of aromatic nitrogens is 4. The number of nitrogens with zero attached hydrogens (tertiary/aromatic N) is 4. The molecule has 0 saturated heterocycles. The monoisotopic (exact) mass is 443 g/mol. The lowest BCUT2D eigenvalue weighted by Gasteiger charge is -2.09. The molecule has 0 unspecified atom stereocenters. The molecule has 26 heavy (non-hydrogen) atoms. The second-order valence-corrected chi connectivity index (χ2v) is 6.53. The normalized spacial score (nSPS) is 10.6. The van der Waals surface area contributed by atoms with Crippen molar-refractivity contribution >= 4 is 44.8 Å². The quantitative estimate of drug-likeness (QED) is 0.608. The molecule has 0 radical (unpaired) electrons. The summed E-state index contributed by atoms with van der Waals surface area (Å²) in [6.45, 7) is -0.658. The first-order chi connectivity index (χ1) is 12.5. The van der Waals surface area contributed by atoms with E-state index in [1.807, 2.05) is 0 Å². The van der Waals surface area contributed by atoms with Gasteiger partial charge < -0.3 is 10.1 Å². The van der Waals surface area contributed by atoms with E-state index in [0.29, 0.717) is 11.8 Å². The topological polar surface area (TPSA) is 99.0 Å². The van der Waals surface area contributed by atoms with Gasteiger partial charge in [0.1, 0.15) is 17.0 Å². The Balaban J connectivity index is 1.64. The number of carbonyl (C=O) groups excluding carboxylic acids is 2. The predicted molar refractivity (Wildman–Crippen MR) is 90.0 cm³/mol. The number of halogens is 3. The minimum absolute atomic E-state index is 0.0221. The molecule has 134 valence electrons. The fourth-order valence-corrected chi connectivity index (χ4v) is 3.22. The van der Waals surface area contributed by atoms with Crippen LogP contribution in [-0.2, 0) is 9.53 Å². The van der Waals surface area contributed by atoms with Gasteiger partial charge in [0.05, 0.1) is 11.4 Å². The van der Waals surface area contributed by atoms with Gasteiger partial charge in [-0.1, -0.05) is 0 Å². The molecule has 12 heteroatoms. The summed E-state index contributed by atoms with van der Waals surface area (Å²) >= 11 is 4.03. The smallest absolute Gasteiger partial charge is 0.351 e. The fourth-order valence-electron chi connectivity index (χ4n) is 1.94. The molecule has 0 bridgehead atoms. The number of ether oxygens (including phenoxy) is 1. The first-order valence-electron chi connectivity index (χ1n) is 6.88. The minimum Gasteiger partial charge on any atom is -0.451 e. The van der Waals surface area contributed by atoms with Crippen LogP contribution in [0.2, 0.25) is 0 Å². The third-order valence-corrected chi connectivity index (χ3v) is 4.54. The van der Waals surface area contributed by atoms with E-state index in [1.165, 1.54) is 11.0 Å². The number of nitrogens with one attached hydrogen (secondary N) is 1. The molecule has 1 aromatic carbocycles. The van der Waals surface area contributed by atoms with Crippen molar-refractivity contribution in [1.29, 1.82) is 0 Å². The van der Waals surface area contributed by atoms with Crippen LogP contribution in [-0.4, -0.2) is 38.7 Å². The average Bonchev–Trinajstić information content (AvgIpc) is 3.26. The van der Waals surface area contributed by atoms with Gasteiger partial charge in [-0.25, -0.2) is 13.6 Å². The minimum atomic E-state index is -0.962. The molecule has 3 aromatic rings. The van der Waals surface area contributed by atoms with E-state index in [1.54, 1.807) is 11.4 Å². The largest absolute Gasteiger partial charge is 0.451 e. The average molecular weight is 444 g/mol. The third-order valence-electron chi connectivity index (χ3n) is 3.03. The van der Waals surface area contributed by atoms with Crippen molar-refractivity contribution in [3.8, 4) is 5.69 Å². The first kappa shape index (κ1) is 18.1. The second-order valence-electron chi connectivity index (χ2n) is 4.76. The van der Waals surface area contributed by atoms with Crippen LogP contribution in [0.25, 0.3) is 5.69 Å². The highest BCUT2D eigenvalue weighted by Gasteiger charge is 2.19. The lowest BCUT2D eigenvalue weighted by atomic mass is 10.3. The summed E-state index contributed by atoms with van der Waals surface area (Å²) in [5, 5.41) is 14.5. The SMILES string of the molecule is O=C(COC(=O)c1sccc1-n1cnnn1)Nc1c(F)cc(F)cc1Br. The van der Waals surface area contributed by atoms with E-state index >= 15 is 0 Å². The van der Waals surface area contributed by atoms with Crippen LogP contribution in [0.5, 0.6) is 0 Å². The molecule has 3 rings (SSSR count). The highest BCUT2D eigenvalue weighted by Crippen LogP contribution is 2.27. The van der Waals surface area contributed by atoms with Crippen LogP contribution in [0.3, 0.4) is 0 Å². The van der Waals surface area contributed by atoms with Crippen LogP contribution >= 0.6 is 27.3 Å². The lowest BCUT2D eigenvalue weighted by molar-refractivity contribution is -0.119. The fraction of sp³-hybridized carbons (Fsp3) is 0.0714. The maximum Gasteiger partial charge on any atom is 0.351 e. The zero-order chi connectivity index (χ0) is 18.7. The number of hydrogen-bond acceptors (Lipinski definition) is 7. The van der Waals surface area contributed by atoms with E-state index in [9.17, 15) is 18.4 Å². The zero-order valence-electron chi connectivity index (χ0n) is 12.6. The van der Waals surface area contributed by atoms with E-state index < -0.39 is 30.1 Å². The van der Waals surface area contributed by atoms with Crippen LogP contribution < -0.4 is 5.32 Å². The number of esters is 1. The van der Waals surface area contributed by atoms with Gasteiger partial charge in [-0.15, -0.1) is 16.4 Å². The summed E-state index contributed by atoms with van der Waals surface area (Å²) < 4.78 is 33.0. The summed E-state index contributed by atoms with van der Waals surface area (Å²) in [4.78, 5) is 24.2. The molecule has 8 nitrogen and oxygen atoms in total. The van der Waals surface area contributed by atoms with Crippen LogP contribution in [0.4, 0.5) is 14.5 Å². The maximum absolute atomic E-state index is 13.7. The Labute approximate surface area is 156 Å². The number of thiophene rings is 1. The van der Waals surface area contributed by atoms with Crippen LogP contribution in [0.1, 0.15) is 9.67 Å². The summed E-state index contributed by atoms with van der Waals surface area (Å²) in [5.41, 5.74) is 0.149. The Morgan fingerprint density at radius 1 is 1.35 bits per heavy atom. The molecule has 0 aliphatic carbocycles. The molecule has 1 amide bonds. The zero-order valence-corrected chi connectivity index (χ0v) is 15.1. The molecular weight excluding hydrogens is 436 g/mol. The number of hydrogen-bond donors (Lipinski definition) is 1. The van der Waals surface area contributed by atoms with Crippen molar-refractivity contribution in [1.82, 2.24) is 20.2 Å². The molecule has 0 aliphatic rings. The van der Waals surface area contributed by atoms with Crippen LogP contribution in [0, 0.1) is 11.6 Å². The summed E-state index contributed by atoms with van der Waals surface area (Å²) in [6, 6.07) is 3.23. The standard InChI is InChI=1S/C14H8BrF2N5O3S/c15-8-3-7(16)4-9(17)12(8)19-11(23)5-25-14(24)13-10(1-2-26-13)22-6-18-20-21-22/h1-4,6H,5H2,(H,19,23). The Bertz CT molecular complexity index is 940. The van der Waals surface area contributed by atoms with Gasteiger partial charge in [-0.3, -0.25) is 4.79 Å². The van der Waals surface area contributed by atoms with E-state index in [4.69, 9.17) is 4.74 Å². The number of benzene rings is 1. The van der Waals surface area contributed by atoms with Gasteiger partial charge in [0.15, 0.2) is 12.4 Å².